The Morgan fingerprint density at radius 1 is 0.863 bits per heavy atom. The molecular weight excluding hydrogens is 1110 g/mol. The van der Waals surface area contributed by atoms with Gasteiger partial charge in [0.1, 0.15) is 23.9 Å². The van der Waals surface area contributed by atoms with Crippen LogP contribution < -0.4 is 26.4 Å². The van der Waals surface area contributed by atoms with E-state index in [1.165, 1.54) is 24.6 Å². The average molecular weight is 1180 g/mol. The smallest absolute Gasteiger partial charge is 0.345 e. The molecule has 1 aromatic carbocycles. The van der Waals surface area contributed by atoms with Crippen molar-refractivity contribution in [3.8, 4) is 5.75 Å². The van der Waals surface area contributed by atoms with Crippen molar-refractivity contribution in [2.45, 2.75) is 68.2 Å². The van der Waals surface area contributed by atoms with Crippen molar-refractivity contribution in [1.29, 1.82) is 0 Å². The maximum atomic E-state index is 15.0. The van der Waals surface area contributed by atoms with Crippen LogP contribution in [0.5, 0.6) is 5.75 Å². The van der Waals surface area contributed by atoms with Gasteiger partial charge in [0.15, 0.2) is 5.13 Å². The number of rotatable bonds is 37. The van der Waals surface area contributed by atoms with Crippen LogP contribution in [0.3, 0.4) is 0 Å². The number of aromatic amines is 1. The molecule has 4 amide bonds. The van der Waals surface area contributed by atoms with Crippen molar-refractivity contribution < 1.29 is 61.4 Å². The topological polar surface area (TPSA) is 266 Å². The number of halogens is 2. The lowest BCUT2D eigenvalue weighted by Crippen LogP contribution is -2.47. The fourth-order valence-electron chi connectivity index (χ4n) is 7.69. The van der Waals surface area contributed by atoms with Crippen molar-refractivity contribution in [3.05, 3.63) is 92.5 Å². The van der Waals surface area contributed by atoms with Crippen LogP contribution in [-0.2, 0) is 67.1 Å². The van der Waals surface area contributed by atoms with Crippen LogP contribution in [0.1, 0.15) is 38.1 Å². The SMILES string of the molecule is COC1(C)C=CC([C@@H](C)NC(=O)[C@@H](CCOCCOCCOCCn2cc(COCCOCCOCCOCCOc3ccc(NC(=O)Nc4nc(CC(=O)N5CCN(C)CC5)cs4)cc3)nn2)Sc2[nH]c(=O)ncc2Cl)=C(F)C1. The van der Waals surface area contributed by atoms with Gasteiger partial charge < -0.3 is 63.1 Å². The predicted octanol–water partition coefficient (Wildman–Crippen LogP) is 4.77. The highest BCUT2D eigenvalue weighted by molar-refractivity contribution is 8.00. The minimum absolute atomic E-state index is 0.0393. The molecule has 4 N–H and O–H groups in total. The van der Waals surface area contributed by atoms with Crippen molar-refractivity contribution in [2.24, 2.45) is 0 Å². The summed E-state index contributed by atoms with van der Waals surface area (Å²) >= 11 is 8.60. The van der Waals surface area contributed by atoms with E-state index in [-0.39, 0.29) is 66.8 Å². The number of carbonyl (C=O) groups excluding carboxylic acids is 3. The number of hydrogen-bond donors (Lipinski definition) is 4. The van der Waals surface area contributed by atoms with E-state index < -0.39 is 28.6 Å². The zero-order valence-corrected chi connectivity index (χ0v) is 48.0. The lowest BCUT2D eigenvalue weighted by molar-refractivity contribution is -0.132. The van der Waals surface area contributed by atoms with Crippen LogP contribution >= 0.6 is 34.7 Å². The molecule has 3 atom stereocenters. The quantitative estimate of drug-likeness (QED) is 0.0269. The van der Waals surface area contributed by atoms with Gasteiger partial charge in [0.05, 0.1) is 144 Å². The van der Waals surface area contributed by atoms with Crippen molar-refractivity contribution in [2.75, 3.05) is 143 Å². The Balaban J connectivity index is 0.702. The van der Waals surface area contributed by atoms with Crippen LogP contribution in [0.25, 0.3) is 0 Å². The molecule has 4 aromatic rings. The number of piperazine rings is 1. The number of aromatic nitrogens is 6. The van der Waals surface area contributed by atoms with Gasteiger partial charge in [0.25, 0.3) is 0 Å². The number of thiazole rings is 1. The molecule has 80 heavy (non-hydrogen) atoms. The molecule has 1 aliphatic carbocycles. The number of hydrogen-bond acceptors (Lipinski definition) is 20. The first-order valence-electron chi connectivity index (χ1n) is 26.3. The average Bonchev–Trinajstić information content (AvgIpc) is 4.11. The Labute approximate surface area is 477 Å². The van der Waals surface area contributed by atoms with Gasteiger partial charge in [0, 0.05) is 63.0 Å². The summed E-state index contributed by atoms with van der Waals surface area (Å²) in [5.74, 6) is -0.0716. The maximum Gasteiger partial charge on any atom is 0.345 e. The number of amides is 4. The summed E-state index contributed by atoms with van der Waals surface area (Å²) in [6.45, 7) is 12.4. The summed E-state index contributed by atoms with van der Waals surface area (Å²) in [4.78, 5) is 65.2. The van der Waals surface area contributed by atoms with Gasteiger partial charge in [0.2, 0.25) is 11.8 Å². The Kier molecular flexibility index (Phi) is 27.7. The highest BCUT2D eigenvalue weighted by atomic mass is 35.5. The summed E-state index contributed by atoms with van der Waals surface area (Å²) < 4.78 is 67.3. The highest BCUT2D eigenvalue weighted by Crippen LogP contribution is 2.33. The molecule has 1 fully saturated rings. The summed E-state index contributed by atoms with van der Waals surface area (Å²) in [6.07, 6.45) is 6.94. The number of anilines is 2. The zero-order chi connectivity index (χ0) is 57.0. The first-order chi connectivity index (χ1) is 38.8. The van der Waals surface area contributed by atoms with E-state index in [2.05, 4.69) is 46.1 Å². The molecule has 1 unspecified atom stereocenters. The number of likely N-dealkylation sites (N-methyl/N-ethyl adjacent to an activating group) is 1. The molecule has 6 rings (SSSR count). The third kappa shape index (κ3) is 23.2. The summed E-state index contributed by atoms with van der Waals surface area (Å²) in [5, 5.41) is 18.6. The molecule has 4 heterocycles. The number of carbonyl (C=O) groups is 3. The number of H-pyrrole nitrogens is 1. The lowest BCUT2D eigenvalue weighted by atomic mass is 9.90. The number of thioether (sulfide) groups is 1. The Morgan fingerprint density at radius 2 is 1.50 bits per heavy atom. The molecular formula is C52H73ClFN11O13S2. The van der Waals surface area contributed by atoms with Gasteiger partial charge in [-0.05, 0) is 51.6 Å². The molecule has 2 aliphatic rings. The molecule has 28 heteroatoms. The summed E-state index contributed by atoms with van der Waals surface area (Å²) in [7, 11) is 3.56. The zero-order valence-electron chi connectivity index (χ0n) is 45.6. The largest absolute Gasteiger partial charge is 0.491 e. The van der Waals surface area contributed by atoms with Crippen LogP contribution in [0, 0.1) is 0 Å². The number of urea groups is 1. The van der Waals surface area contributed by atoms with Gasteiger partial charge >= 0.3 is 11.7 Å². The van der Waals surface area contributed by atoms with E-state index in [4.69, 9.17) is 54.2 Å². The van der Waals surface area contributed by atoms with E-state index in [0.717, 1.165) is 24.9 Å². The third-order valence-corrected chi connectivity index (χ3v) is 14.8. The van der Waals surface area contributed by atoms with Crippen LogP contribution in [0.4, 0.5) is 20.0 Å². The predicted molar refractivity (Wildman–Crippen MR) is 298 cm³/mol. The van der Waals surface area contributed by atoms with E-state index in [1.807, 2.05) is 11.9 Å². The number of nitrogens with one attached hydrogen (secondary N) is 4. The molecule has 0 radical (unpaired) electrons. The number of methoxy groups -OCH3 is 1. The summed E-state index contributed by atoms with van der Waals surface area (Å²) in [6, 6.07) is 5.91. The van der Waals surface area contributed by atoms with E-state index >= 15 is 4.39 Å². The number of nitrogens with zero attached hydrogens (tertiary/aromatic N) is 7. The Morgan fingerprint density at radius 3 is 2.16 bits per heavy atom. The van der Waals surface area contributed by atoms with E-state index in [9.17, 15) is 19.2 Å². The van der Waals surface area contributed by atoms with Gasteiger partial charge in [-0.25, -0.2) is 28.6 Å². The van der Waals surface area contributed by atoms with Crippen molar-refractivity contribution >= 4 is 63.4 Å². The second-order valence-corrected chi connectivity index (χ2v) is 21.0. The minimum atomic E-state index is -0.758. The first-order valence-corrected chi connectivity index (χ1v) is 28.4. The number of benzene rings is 1. The van der Waals surface area contributed by atoms with Crippen LogP contribution in [0.15, 0.2) is 75.4 Å². The van der Waals surface area contributed by atoms with Crippen LogP contribution in [-0.4, -0.2) is 207 Å². The number of ether oxygens (including phenoxy) is 9. The lowest BCUT2D eigenvalue weighted by Gasteiger charge is -2.32. The molecule has 1 saturated heterocycles. The Hall–Kier alpha value is -5.43. The standard InChI is InChI=1S/C52H73ClFN11O13S2/c1-37(42-9-11-52(2,70-4)32-44(42)54)56-47(67)45(80-48-43(53)33-55-49(68)59-48)10-17-71-19-21-73-22-20-72-18-16-65-34-40(61-62-65)35-77-28-27-75-24-23-74-25-26-76-29-30-78-41-7-5-38(6-8-41)57-50(69)60-51-58-39(36-79-51)31-46(66)64-14-12-63(3)13-15-64/h5-9,11,33-34,36-37,45H,10,12-32,35H2,1-4H3,(H,56,67)(H,55,59,68)(H2,57,58,60,69)/t37-,45-,52?/m1/s1. The van der Waals surface area contributed by atoms with Crippen LogP contribution in [0.2, 0.25) is 5.02 Å². The Bertz CT molecular complexity index is 2640. The maximum absolute atomic E-state index is 15.0. The van der Waals surface area contributed by atoms with Gasteiger partial charge in [-0.2, -0.15) is 0 Å². The van der Waals surface area contributed by atoms with E-state index in [0.29, 0.717) is 132 Å². The molecule has 0 saturated carbocycles. The third-order valence-electron chi connectivity index (χ3n) is 12.3. The minimum Gasteiger partial charge on any atom is -0.491 e. The summed E-state index contributed by atoms with van der Waals surface area (Å²) in [5.41, 5.74) is 0.895. The second kappa shape index (κ2) is 34.8. The van der Waals surface area contributed by atoms with Crippen molar-refractivity contribution in [1.82, 2.24) is 45.1 Å². The molecule has 1 aliphatic heterocycles. The van der Waals surface area contributed by atoms with Crippen molar-refractivity contribution in [3.63, 3.8) is 0 Å². The highest BCUT2D eigenvalue weighted by Gasteiger charge is 2.31. The molecule has 440 valence electrons. The van der Waals surface area contributed by atoms with E-state index in [1.54, 1.807) is 66.5 Å². The molecule has 24 nitrogen and oxygen atoms in total. The normalized spacial score (nSPS) is 16.4. The fraction of sp³-hybridized carbons (Fsp3) is 0.577. The monoisotopic (exact) mass is 1180 g/mol. The first kappa shape index (κ1) is 63.7. The molecule has 0 spiro atoms. The van der Waals surface area contributed by atoms with Gasteiger partial charge in [-0.3, -0.25) is 19.9 Å². The molecule has 0 bridgehead atoms. The second-order valence-electron chi connectivity index (χ2n) is 18.5. The van der Waals surface area contributed by atoms with Gasteiger partial charge in [-0.15, -0.1) is 16.4 Å². The van der Waals surface area contributed by atoms with Gasteiger partial charge in [-0.1, -0.05) is 40.7 Å². The molecule has 3 aromatic heterocycles. The fourth-order valence-corrected chi connectivity index (χ4v) is 9.61.